The summed E-state index contributed by atoms with van der Waals surface area (Å²) in [5.74, 6) is -0.164. The van der Waals surface area contributed by atoms with Gasteiger partial charge in [0.2, 0.25) is 0 Å². The molecule has 0 unspecified atom stereocenters. The van der Waals surface area contributed by atoms with Crippen molar-refractivity contribution in [1.29, 1.82) is 0 Å². The van der Waals surface area contributed by atoms with Crippen molar-refractivity contribution in [2.24, 2.45) is 0 Å². The van der Waals surface area contributed by atoms with Gasteiger partial charge in [-0.3, -0.25) is 4.79 Å². The van der Waals surface area contributed by atoms with Crippen LogP contribution in [0.3, 0.4) is 0 Å². The van der Waals surface area contributed by atoms with E-state index < -0.39 is 0 Å². The van der Waals surface area contributed by atoms with E-state index in [1.807, 2.05) is 0 Å². The SMILES string of the molecule is C[C@H](CO)NC(=O)c1cc(Br)c(Br)s1. The predicted molar refractivity (Wildman–Crippen MR) is 63.7 cm³/mol. The minimum absolute atomic E-state index is 0.0561. The number of halogens is 2. The summed E-state index contributed by atoms with van der Waals surface area (Å²) in [5, 5.41) is 11.4. The Labute approximate surface area is 103 Å². The summed E-state index contributed by atoms with van der Waals surface area (Å²) in [6.07, 6.45) is 0. The van der Waals surface area contributed by atoms with E-state index in [4.69, 9.17) is 5.11 Å². The summed E-state index contributed by atoms with van der Waals surface area (Å²) >= 11 is 7.96. The third-order valence-corrected chi connectivity index (χ3v) is 4.78. The minimum Gasteiger partial charge on any atom is -0.394 e. The van der Waals surface area contributed by atoms with Crippen LogP contribution in [0.4, 0.5) is 0 Å². The van der Waals surface area contributed by atoms with Crippen molar-refractivity contribution in [2.75, 3.05) is 6.61 Å². The highest BCUT2D eigenvalue weighted by atomic mass is 79.9. The molecule has 0 aliphatic heterocycles. The molecule has 0 spiro atoms. The summed E-state index contributed by atoms with van der Waals surface area (Å²) in [4.78, 5) is 12.1. The molecule has 0 saturated heterocycles. The summed E-state index contributed by atoms with van der Waals surface area (Å²) < 4.78 is 1.75. The van der Waals surface area contributed by atoms with E-state index in [-0.39, 0.29) is 18.6 Å². The Balaban J connectivity index is 2.70. The Morgan fingerprint density at radius 3 is 2.79 bits per heavy atom. The van der Waals surface area contributed by atoms with Crippen molar-refractivity contribution in [3.05, 3.63) is 19.2 Å². The quantitative estimate of drug-likeness (QED) is 0.886. The molecule has 3 nitrogen and oxygen atoms in total. The maximum absolute atomic E-state index is 11.5. The van der Waals surface area contributed by atoms with Crippen molar-refractivity contribution < 1.29 is 9.90 Å². The molecule has 1 amide bonds. The molecule has 6 heteroatoms. The number of aliphatic hydroxyl groups excluding tert-OH is 1. The smallest absolute Gasteiger partial charge is 0.261 e. The molecule has 1 aromatic rings. The molecule has 78 valence electrons. The molecule has 0 aliphatic carbocycles. The number of nitrogens with one attached hydrogen (secondary N) is 1. The highest BCUT2D eigenvalue weighted by molar-refractivity contribution is 9.13. The maximum Gasteiger partial charge on any atom is 0.261 e. The van der Waals surface area contributed by atoms with Crippen LogP contribution >= 0.6 is 43.2 Å². The van der Waals surface area contributed by atoms with Gasteiger partial charge in [-0.25, -0.2) is 0 Å². The molecule has 0 fully saturated rings. The third-order valence-electron chi connectivity index (χ3n) is 1.52. The lowest BCUT2D eigenvalue weighted by molar-refractivity contribution is 0.0926. The van der Waals surface area contributed by atoms with Gasteiger partial charge in [-0.1, -0.05) is 0 Å². The average molecular weight is 343 g/mol. The lowest BCUT2D eigenvalue weighted by atomic mass is 10.3. The zero-order chi connectivity index (χ0) is 10.7. The fourth-order valence-corrected chi connectivity index (χ4v) is 2.74. The Morgan fingerprint density at radius 1 is 1.71 bits per heavy atom. The minimum atomic E-state index is -0.220. The number of rotatable bonds is 3. The fourth-order valence-electron chi connectivity index (χ4n) is 0.799. The molecule has 0 aromatic carbocycles. The number of hydrogen-bond donors (Lipinski definition) is 2. The van der Waals surface area contributed by atoms with Crippen LogP contribution in [0.5, 0.6) is 0 Å². The zero-order valence-electron chi connectivity index (χ0n) is 7.38. The number of thiophene rings is 1. The molecule has 0 saturated carbocycles. The second kappa shape index (κ2) is 5.25. The zero-order valence-corrected chi connectivity index (χ0v) is 11.4. The predicted octanol–water partition coefficient (Wildman–Crippen LogP) is 2.38. The van der Waals surface area contributed by atoms with Crippen molar-refractivity contribution in [1.82, 2.24) is 5.32 Å². The van der Waals surface area contributed by atoms with Crippen LogP contribution in [-0.4, -0.2) is 23.7 Å². The molecular weight excluding hydrogens is 334 g/mol. The molecular formula is C8H9Br2NO2S. The molecule has 1 aromatic heterocycles. The second-order valence-electron chi connectivity index (χ2n) is 2.79. The number of carbonyl (C=O) groups excluding carboxylic acids is 1. The van der Waals surface area contributed by atoms with Crippen LogP contribution in [0.1, 0.15) is 16.6 Å². The Hall–Kier alpha value is 0.0900. The van der Waals surface area contributed by atoms with E-state index in [9.17, 15) is 4.79 Å². The Kier molecular flexibility index (Phi) is 4.56. The topological polar surface area (TPSA) is 49.3 Å². The van der Waals surface area contributed by atoms with Gasteiger partial charge in [-0.2, -0.15) is 0 Å². The summed E-state index contributed by atoms with van der Waals surface area (Å²) in [7, 11) is 0. The van der Waals surface area contributed by atoms with E-state index in [0.29, 0.717) is 4.88 Å². The van der Waals surface area contributed by atoms with Crippen LogP contribution in [0.25, 0.3) is 0 Å². The normalized spacial score (nSPS) is 12.6. The van der Waals surface area contributed by atoms with E-state index in [1.54, 1.807) is 13.0 Å². The molecule has 0 aliphatic rings. The van der Waals surface area contributed by atoms with Gasteiger partial charge >= 0.3 is 0 Å². The molecule has 14 heavy (non-hydrogen) atoms. The largest absolute Gasteiger partial charge is 0.394 e. The number of hydrogen-bond acceptors (Lipinski definition) is 3. The summed E-state index contributed by atoms with van der Waals surface area (Å²) in [6.45, 7) is 1.69. The number of aliphatic hydroxyl groups is 1. The van der Waals surface area contributed by atoms with Crippen LogP contribution in [0, 0.1) is 0 Å². The number of amides is 1. The van der Waals surface area contributed by atoms with Gasteiger partial charge in [0.25, 0.3) is 5.91 Å². The maximum atomic E-state index is 11.5. The molecule has 1 rings (SSSR count). The first-order valence-electron chi connectivity index (χ1n) is 3.91. The fraction of sp³-hybridized carbons (Fsp3) is 0.375. The molecule has 0 bridgehead atoms. The van der Waals surface area contributed by atoms with Crippen molar-refractivity contribution >= 4 is 49.1 Å². The Bertz CT molecular complexity index is 321. The van der Waals surface area contributed by atoms with E-state index >= 15 is 0 Å². The summed E-state index contributed by atoms with van der Waals surface area (Å²) in [6, 6.07) is 1.52. The lowest BCUT2D eigenvalue weighted by Crippen LogP contribution is -2.34. The number of carbonyl (C=O) groups is 1. The van der Waals surface area contributed by atoms with E-state index in [2.05, 4.69) is 37.2 Å². The van der Waals surface area contributed by atoms with E-state index in [1.165, 1.54) is 11.3 Å². The molecule has 1 heterocycles. The molecule has 2 N–H and O–H groups in total. The first-order valence-corrected chi connectivity index (χ1v) is 6.31. The van der Waals surface area contributed by atoms with Crippen LogP contribution in [-0.2, 0) is 0 Å². The van der Waals surface area contributed by atoms with Crippen molar-refractivity contribution in [2.45, 2.75) is 13.0 Å². The molecule has 0 radical (unpaired) electrons. The first kappa shape index (κ1) is 12.2. The highest BCUT2D eigenvalue weighted by Crippen LogP contribution is 2.32. The van der Waals surface area contributed by atoms with Crippen LogP contribution < -0.4 is 5.32 Å². The van der Waals surface area contributed by atoms with Gasteiger partial charge < -0.3 is 10.4 Å². The molecule has 1 atom stereocenters. The van der Waals surface area contributed by atoms with Crippen LogP contribution in [0.2, 0.25) is 0 Å². The second-order valence-corrected chi connectivity index (χ2v) is 6.01. The van der Waals surface area contributed by atoms with Gasteiger partial charge in [-0.15, -0.1) is 11.3 Å². The third kappa shape index (κ3) is 3.05. The summed E-state index contributed by atoms with van der Waals surface area (Å²) in [5.41, 5.74) is 0. The Morgan fingerprint density at radius 2 is 2.36 bits per heavy atom. The van der Waals surface area contributed by atoms with Crippen molar-refractivity contribution in [3.63, 3.8) is 0 Å². The van der Waals surface area contributed by atoms with Crippen LogP contribution in [0.15, 0.2) is 14.3 Å². The van der Waals surface area contributed by atoms with E-state index in [0.717, 1.165) is 8.26 Å². The lowest BCUT2D eigenvalue weighted by Gasteiger charge is -2.08. The van der Waals surface area contributed by atoms with Gasteiger partial charge in [-0.05, 0) is 44.8 Å². The van der Waals surface area contributed by atoms with Gasteiger partial charge in [0.1, 0.15) is 0 Å². The highest BCUT2D eigenvalue weighted by Gasteiger charge is 2.13. The van der Waals surface area contributed by atoms with Gasteiger partial charge in [0.05, 0.1) is 15.3 Å². The standard InChI is InChI=1S/C8H9Br2NO2S/c1-4(3-12)11-8(13)6-2-5(9)7(10)14-6/h2,4,12H,3H2,1H3,(H,11,13)/t4-/m1/s1. The van der Waals surface area contributed by atoms with Gasteiger partial charge in [0.15, 0.2) is 0 Å². The van der Waals surface area contributed by atoms with Crippen molar-refractivity contribution in [3.8, 4) is 0 Å². The monoisotopic (exact) mass is 341 g/mol. The first-order chi connectivity index (χ1) is 6.54. The van der Waals surface area contributed by atoms with Gasteiger partial charge in [0, 0.05) is 10.5 Å². The average Bonchev–Trinajstić information content (AvgIpc) is 2.47.